The van der Waals surface area contributed by atoms with E-state index in [9.17, 15) is 0 Å². The Hall–Kier alpha value is 3.16. The summed E-state index contributed by atoms with van der Waals surface area (Å²) in [5, 5.41) is 0. The van der Waals surface area contributed by atoms with Crippen LogP contribution in [0.25, 0.3) is 0 Å². The van der Waals surface area contributed by atoms with Gasteiger partial charge in [-0.05, 0) is 0 Å². The fourth-order valence-electron chi connectivity index (χ4n) is 0. The van der Waals surface area contributed by atoms with Crippen LogP contribution in [0.15, 0.2) is 0 Å². The van der Waals surface area contributed by atoms with Gasteiger partial charge >= 0.3 is 0 Å². The summed E-state index contributed by atoms with van der Waals surface area (Å²) in [6.07, 6.45) is 0. The summed E-state index contributed by atoms with van der Waals surface area (Å²) in [6, 6.07) is 0. The molecule has 0 fully saturated rings. The molecule has 0 aliphatic carbocycles. The summed E-state index contributed by atoms with van der Waals surface area (Å²) in [5.41, 5.74) is 0. The van der Waals surface area contributed by atoms with Crippen LogP contribution in [0.4, 0.5) is 0 Å². The molecule has 6 heteroatoms. The molecule has 1 atom stereocenters. The molecule has 1 unspecified atom stereocenters. The maximum atomic E-state index is 0. The van der Waals surface area contributed by atoms with E-state index >= 15 is 0 Å². The van der Waals surface area contributed by atoms with E-state index in [-0.39, 0.29) is 98.4 Å². The monoisotopic (exact) mass is 446 g/mol. The van der Waals surface area contributed by atoms with Gasteiger partial charge in [-0.1, -0.05) is 0 Å². The van der Waals surface area contributed by atoms with Crippen molar-refractivity contribution in [3.05, 3.63) is 0 Å². The van der Waals surface area contributed by atoms with Crippen LogP contribution in [-0.4, -0.2) is 0 Å². The smallest absolute Gasteiger partial charge is 0 e. The minimum Gasteiger partial charge on any atom is -0.153 e. The van der Waals surface area contributed by atoms with E-state index in [1.165, 1.54) is 0 Å². The Morgan fingerprint density at radius 2 is 1.00 bits per heavy atom. The zero-order chi connectivity index (χ0) is 0. The molecule has 6 heavy (non-hydrogen) atoms. The van der Waals surface area contributed by atoms with Crippen molar-refractivity contribution < 1.29 is 88.5 Å². The van der Waals surface area contributed by atoms with Crippen LogP contribution in [0.5, 0.6) is 0 Å². The van der Waals surface area contributed by atoms with Gasteiger partial charge < -0.3 is 0 Å². The summed E-state index contributed by atoms with van der Waals surface area (Å²) in [7, 11) is 0. The van der Waals surface area contributed by atoms with Crippen LogP contribution >= 0.6 is 9.90 Å². The first kappa shape index (κ1) is 61.1. The van der Waals surface area contributed by atoms with Crippen LogP contribution in [0.3, 0.4) is 0 Å². The van der Waals surface area contributed by atoms with Gasteiger partial charge in [-0.3, -0.25) is 0 Å². The number of hydrogen-bond donors (Lipinski definition) is 0. The second-order valence-corrected chi connectivity index (χ2v) is 0. The van der Waals surface area contributed by atoms with Crippen LogP contribution in [0, 0.1) is 0 Å². The number of rotatable bonds is 0. The van der Waals surface area contributed by atoms with Crippen molar-refractivity contribution in [3.8, 4) is 0 Å². The molecule has 0 heterocycles. The van der Waals surface area contributed by atoms with Gasteiger partial charge in [0.1, 0.15) is 0 Å². The molecule has 0 saturated heterocycles. The molecule has 0 N–H and O–H groups in total. The second-order valence-electron chi connectivity index (χ2n) is 0. The minimum atomic E-state index is 0. The molecule has 0 amide bonds. The maximum Gasteiger partial charge on any atom is 0 e. The molecule has 0 aliphatic rings. The zero-order valence-electron chi connectivity index (χ0n) is 2.50. The largest absolute Gasteiger partial charge is 0.153 e. The van der Waals surface area contributed by atoms with Gasteiger partial charge in [0.05, 0.1) is 0 Å². The molecular weight excluding hydrogens is 443 g/mol. The Morgan fingerprint density at radius 3 is 1.00 bits per heavy atom. The molecule has 0 saturated carbocycles. The fourth-order valence-corrected chi connectivity index (χ4v) is 0. The Labute approximate surface area is 97.1 Å². The molecule has 48 valence electrons. The Morgan fingerprint density at radius 1 is 1.00 bits per heavy atom. The van der Waals surface area contributed by atoms with Crippen molar-refractivity contribution in [1.82, 2.24) is 0 Å². The predicted molar refractivity (Wildman–Crippen MR) is 11.1 cm³/mol. The predicted octanol–water partition coefficient (Wildman–Crippen LogP) is 0.0456. The van der Waals surface area contributed by atoms with Gasteiger partial charge in [0.2, 0.25) is 0 Å². The van der Waals surface area contributed by atoms with Crippen LogP contribution < -0.4 is 0 Å². The first-order valence-electron chi connectivity index (χ1n) is 0. The molecule has 0 aromatic rings. The topological polar surface area (TPSA) is 0 Å². The van der Waals surface area contributed by atoms with Gasteiger partial charge in [-0.2, -0.15) is 9.90 Å². The molecule has 0 bridgehead atoms. The van der Waals surface area contributed by atoms with Crippen molar-refractivity contribution in [2.24, 2.45) is 0 Å². The van der Waals surface area contributed by atoms with Gasteiger partial charge in [0, 0.05) is 88.5 Å². The van der Waals surface area contributed by atoms with Crippen molar-refractivity contribution in [2.75, 3.05) is 0 Å². The summed E-state index contributed by atoms with van der Waals surface area (Å²) in [5.74, 6) is 0. The second kappa shape index (κ2) is 41.9. The first-order valence-corrected chi connectivity index (χ1v) is 0. The average molecular weight is 446 g/mol. The minimum absolute atomic E-state index is 0. The van der Waals surface area contributed by atoms with Crippen LogP contribution in [0.1, 0.15) is 0 Å². The van der Waals surface area contributed by atoms with Crippen molar-refractivity contribution >= 4 is 9.90 Å². The third-order valence-corrected chi connectivity index (χ3v) is 0. The molecule has 0 nitrogen and oxygen atoms in total. The van der Waals surface area contributed by atoms with Crippen molar-refractivity contribution in [2.45, 2.75) is 0 Å². The zero-order valence-corrected chi connectivity index (χ0v) is 11.2. The van der Waals surface area contributed by atoms with Gasteiger partial charge in [0.15, 0.2) is 0 Å². The van der Waals surface area contributed by atoms with Crippen LogP contribution in [-0.2, 0) is 88.5 Å². The Balaban J connectivity index is 0. The molecule has 0 aromatic carbocycles. The van der Waals surface area contributed by atoms with E-state index in [1.807, 2.05) is 0 Å². The van der Waals surface area contributed by atoms with E-state index in [1.54, 1.807) is 0 Å². The summed E-state index contributed by atoms with van der Waals surface area (Å²) in [4.78, 5) is 0. The van der Waals surface area contributed by atoms with Gasteiger partial charge in [-0.15, -0.1) is 0 Å². The maximum absolute atomic E-state index is 0. The summed E-state index contributed by atoms with van der Waals surface area (Å²) >= 11 is 0. The van der Waals surface area contributed by atoms with E-state index < -0.39 is 0 Å². The fraction of sp³-hybridized carbons (Fsp3) is 0. The van der Waals surface area contributed by atoms with E-state index in [4.69, 9.17) is 0 Å². The summed E-state index contributed by atoms with van der Waals surface area (Å²) < 4.78 is 0. The molecule has 0 spiro atoms. The van der Waals surface area contributed by atoms with E-state index in [0.717, 1.165) is 0 Å². The normalized spacial score (nSPS) is 0. The average Bonchev–Trinajstić information content (AvgIpc) is 0. The van der Waals surface area contributed by atoms with E-state index in [2.05, 4.69) is 0 Å². The molecular formula is H3CoFeMnNiPW. The van der Waals surface area contributed by atoms with E-state index in [0.29, 0.717) is 0 Å². The van der Waals surface area contributed by atoms with Gasteiger partial charge in [0.25, 0.3) is 0 Å². The standard InChI is InChI=1S/Co.Fe.Mn.Ni.H3P.W/h;;;;1H3;. The molecule has 0 aliphatic heterocycles. The molecule has 0 aromatic heterocycles. The van der Waals surface area contributed by atoms with Crippen molar-refractivity contribution in [1.29, 1.82) is 0 Å². The van der Waals surface area contributed by atoms with Gasteiger partial charge in [-0.25, -0.2) is 0 Å². The Kier molecular flexibility index (Phi) is 427. The molecule has 2 radical (unpaired) electrons. The summed E-state index contributed by atoms with van der Waals surface area (Å²) in [6.45, 7) is 0. The Bertz CT molecular complexity index is 15.5. The molecule has 0 rings (SSSR count). The van der Waals surface area contributed by atoms with Crippen molar-refractivity contribution in [3.63, 3.8) is 0 Å². The third kappa shape index (κ3) is 27.2. The SMILES string of the molecule is P.[Co].[Fe].[Mn].[Ni].[W]. The first-order chi connectivity index (χ1) is 0. The number of hydrogen-bond acceptors (Lipinski definition) is 0. The van der Waals surface area contributed by atoms with Crippen LogP contribution in [0.2, 0.25) is 0 Å². The third-order valence-electron chi connectivity index (χ3n) is 0. The quantitative estimate of drug-likeness (QED) is 0.365.